The summed E-state index contributed by atoms with van der Waals surface area (Å²) in [6.07, 6.45) is 6.95. The summed E-state index contributed by atoms with van der Waals surface area (Å²) in [6, 6.07) is 9.38. The topological polar surface area (TPSA) is 39.9 Å². The molecule has 106 valence electrons. The predicted molar refractivity (Wildman–Crippen MR) is 77.5 cm³/mol. The second-order valence-corrected chi connectivity index (χ2v) is 4.61. The van der Waals surface area contributed by atoms with Crippen molar-refractivity contribution in [3.05, 3.63) is 66.6 Å². The molecule has 2 heterocycles. The molecule has 0 N–H and O–H groups in total. The maximum absolute atomic E-state index is 14.2. The van der Waals surface area contributed by atoms with E-state index in [1.54, 1.807) is 18.6 Å². The Kier molecular flexibility index (Phi) is 3.64. The molecule has 4 nitrogen and oxygen atoms in total. The van der Waals surface area contributed by atoms with Gasteiger partial charge in [0, 0.05) is 30.7 Å². The Bertz CT molecular complexity index is 724. The fraction of sp³-hybridized carbons (Fsp3) is 0.125. The summed E-state index contributed by atoms with van der Waals surface area (Å²) in [6.45, 7) is 0.739. The summed E-state index contributed by atoms with van der Waals surface area (Å²) in [4.78, 5) is 7.85. The lowest BCUT2D eigenvalue weighted by Crippen LogP contribution is -1.97. The van der Waals surface area contributed by atoms with E-state index in [9.17, 15) is 4.39 Å². The minimum absolute atomic E-state index is 0.00925. The first kappa shape index (κ1) is 13.3. The summed E-state index contributed by atoms with van der Waals surface area (Å²) in [5.41, 5.74) is 2.40. The van der Waals surface area contributed by atoms with E-state index in [1.807, 2.05) is 35.0 Å². The van der Waals surface area contributed by atoms with E-state index in [0.29, 0.717) is 5.56 Å². The zero-order chi connectivity index (χ0) is 14.7. The zero-order valence-corrected chi connectivity index (χ0v) is 11.5. The van der Waals surface area contributed by atoms with Crippen LogP contribution in [0.25, 0.3) is 11.1 Å². The number of hydrogen-bond donors (Lipinski definition) is 0. The van der Waals surface area contributed by atoms with Gasteiger partial charge in [-0.25, -0.2) is 14.4 Å². The third-order valence-corrected chi connectivity index (χ3v) is 3.24. The normalized spacial score (nSPS) is 10.6. The van der Waals surface area contributed by atoms with Crippen LogP contribution in [0.5, 0.6) is 5.88 Å². The smallest absolute Gasteiger partial charge is 0.250 e. The highest BCUT2D eigenvalue weighted by Gasteiger charge is 2.11. The van der Waals surface area contributed by atoms with Crippen LogP contribution in [0.4, 0.5) is 4.39 Å². The zero-order valence-electron chi connectivity index (χ0n) is 11.5. The van der Waals surface area contributed by atoms with E-state index in [2.05, 4.69) is 9.97 Å². The molecule has 2 aromatic heterocycles. The van der Waals surface area contributed by atoms with Gasteiger partial charge < -0.3 is 9.30 Å². The fourth-order valence-electron chi connectivity index (χ4n) is 2.17. The molecule has 3 rings (SSSR count). The van der Waals surface area contributed by atoms with Crippen molar-refractivity contribution in [3.63, 3.8) is 0 Å². The van der Waals surface area contributed by atoms with Crippen molar-refractivity contribution in [1.82, 2.24) is 14.5 Å². The SMILES string of the molecule is COc1nccc(-c2ccc(Cn3ccnc3)cc2)c1F. The molecular formula is C16H14FN3O. The molecule has 1 aromatic carbocycles. The Labute approximate surface area is 121 Å². The van der Waals surface area contributed by atoms with Crippen molar-refractivity contribution in [2.45, 2.75) is 6.54 Å². The minimum Gasteiger partial charge on any atom is -0.479 e. The van der Waals surface area contributed by atoms with Gasteiger partial charge in [-0.3, -0.25) is 0 Å². The molecule has 0 saturated heterocycles. The van der Waals surface area contributed by atoms with Crippen molar-refractivity contribution < 1.29 is 9.13 Å². The average Bonchev–Trinajstić information content (AvgIpc) is 3.01. The first-order chi connectivity index (χ1) is 10.3. The molecule has 3 aromatic rings. The summed E-state index contributed by atoms with van der Waals surface area (Å²) < 4.78 is 21.0. The fourth-order valence-corrected chi connectivity index (χ4v) is 2.17. The summed E-state index contributed by atoms with van der Waals surface area (Å²) in [5.74, 6) is -0.433. The van der Waals surface area contributed by atoms with Crippen molar-refractivity contribution in [2.24, 2.45) is 0 Å². The monoisotopic (exact) mass is 283 g/mol. The molecule has 0 fully saturated rings. The Morgan fingerprint density at radius 2 is 1.95 bits per heavy atom. The van der Waals surface area contributed by atoms with Gasteiger partial charge in [0.1, 0.15) is 0 Å². The third kappa shape index (κ3) is 2.76. The first-order valence-corrected chi connectivity index (χ1v) is 6.51. The molecule has 0 aliphatic carbocycles. The molecule has 0 radical (unpaired) electrons. The van der Waals surface area contributed by atoms with E-state index in [0.717, 1.165) is 17.7 Å². The molecule has 0 saturated carbocycles. The standard InChI is InChI=1S/C16H14FN3O/c1-21-16-15(17)14(6-7-19-16)13-4-2-12(3-5-13)10-20-9-8-18-11-20/h2-9,11H,10H2,1H3. The maximum atomic E-state index is 14.2. The highest BCUT2D eigenvalue weighted by Crippen LogP contribution is 2.27. The maximum Gasteiger partial charge on any atom is 0.250 e. The van der Waals surface area contributed by atoms with Crippen LogP contribution in [0, 0.1) is 5.82 Å². The Morgan fingerprint density at radius 3 is 2.62 bits per heavy atom. The van der Waals surface area contributed by atoms with Crippen LogP contribution in [-0.2, 0) is 6.54 Å². The second kappa shape index (κ2) is 5.75. The molecule has 0 amide bonds. The molecule has 0 bridgehead atoms. The van der Waals surface area contributed by atoms with Crippen molar-refractivity contribution in [2.75, 3.05) is 7.11 Å². The largest absolute Gasteiger partial charge is 0.479 e. The Balaban J connectivity index is 1.87. The number of methoxy groups -OCH3 is 1. The number of aromatic nitrogens is 3. The van der Waals surface area contributed by atoms with Crippen LogP contribution in [0.2, 0.25) is 0 Å². The van der Waals surface area contributed by atoms with Crippen LogP contribution in [0.3, 0.4) is 0 Å². The molecule has 5 heteroatoms. The van der Waals surface area contributed by atoms with Gasteiger partial charge in [-0.1, -0.05) is 24.3 Å². The second-order valence-electron chi connectivity index (χ2n) is 4.61. The van der Waals surface area contributed by atoms with E-state index < -0.39 is 5.82 Å². The van der Waals surface area contributed by atoms with E-state index in [4.69, 9.17) is 4.74 Å². The number of hydrogen-bond acceptors (Lipinski definition) is 3. The quantitative estimate of drug-likeness (QED) is 0.738. The van der Waals surface area contributed by atoms with E-state index >= 15 is 0 Å². The lowest BCUT2D eigenvalue weighted by Gasteiger charge is -2.08. The number of ether oxygens (including phenoxy) is 1. The van der Waals surface area contributed by atoms with Gasteiger partial charge in [0.2, 0.25) is 0 Å². The molecule has 0 spiro atoms. The number of imidazole rings is 1. The number of halogens is 1. The highest BCUT2D eigenvalue weighted by molar-refractivity contribution is 5.65. The van der Waals surface area contributed by atoms with Crippen molar-refractivity contribution in [3.8, 4) is 17.0 Å². The Hall–Kier alpha value is -2.69. The van der Waals surface area contributed by atoms with Crippen molar-refractivity contribution >= 4 is 0 Å². The predicted octanol–water partition coefficient (Wildman–Crippen LogP) is 3.14. The molecular weight excluding hydrogens is 269 g/mol. The van der Waals surface area contributed by atoms with E-state index in [-0.39, 0.29) is 5.88 Å². The molecule has 0 unspecified atom stereocenters. The lowest BCUT2D eigenvalue weighted by atomic mass is 10.0. The number of rotatable bonds is 4. The van der Waals surface area contributed by atoms with Gasteiger partial charge in [0.25, 0.3) is 5.88 Å². The molecule has 0 aliphatic rings. The van der Waals surface area contributed by atoms with Crippen molar-refractivity contribution in [1.29, 1.82) is 0 Å². The van der Waals surface area contributed by atoms with Gasteiger partial charge in [-0.15, -0.1) is 0 Å². The van der Waals surface area contributed by atoms with Gasteiger partial charge in [-0.2, -0.15) is 0 Å². The number of benzene rings is 1. The van der Waals surface area contributed by atoms with E-state index in [1.165, 1.54) is 13.3 Å². The first-order valence-electron chi connectivity index (χ1n) is 6.51. The van der Waals surface area contributed by atoms with Crippen LogP contribution in [-0.4, -0.2) is 21.6 Å². The summed E-state index contributed by atoms with van der Waals surface area (Å²) in [7, 11) is 1.41. The van der Waals surface area contributed by atoms with Gasteiger partial charge in [0.05, 0.1) is 13.4 Å². The third-order valence-electron chi connectivity index (χ3n) is 3.24. The number of nitrogens with zero attached hydrogens (tertiary/aromatic N) is 3. The van der Waals surface area contributed by atoms with Crippen LogP contribution < -0.4 is 4.74 Å². The van der Waals surface area contributed by atoms with Crippen LogP contribution >= 0.6 is 0 Å². The molecule has 0 atom stereocenters. The Morgan fingerprint density at radius 1 is 1.14 bits per heavy atom. The van der Waals surface area contributed by atoms with Crippen LogP contribution in [0.1, 0.15) is 5.56 Å². The highest BCUT2D eigenvalue weighted by atomic mass is 19.1. The van der Waals surface area contributed by atoms with Crippen LogP contribution in [0.15, 0.2) is 55.2 Å². The summed E-state index contributed by atoms with van der Waals surface area (Å²) >= 11 is 0. The van der Waals surface area contributed by atoms with Gasteiger partial charge >= 0.3 is 0 Å². The summed E-state index contributed by atoms with van der Waals surface area (Å²) in [5, 5.41) is 0. The molecule has 21 heavy (non-hydrogen) atoms. The molecule has 0 aliphatic heterocycles. The lowest BCUT2D eigenvalue weighted by molar-refractivity contribution is 0.370. The number of pyridine rings is 1. The minimum atomic E-state index is -0.442. The van der Waals surface area contributed by atoms with Gasteiger partial charge in [0.15, 0.2) is 5.82 Å². The van der Waals surface area contributed by atoms with Gasteiger partial charge in [-0.05, 0) is 17.2 Å². The average molecular weight is 283 g/mol.